The molecule has 3 rings (SSSR count). The van der Waals surface area contributed by atoms with Crippen molar-refractivity contribution in [2.24, 2.45) is 5.92 Å². The van der Waals surface area contributed by atoms with Gasteiger partial charge in [0.25, 0.3) is 0 Å². The van der Waals surface area contributed by atoms with E-state index >= 15 is 0 Å². The molecule has 0 aromatic carbocycles. The Morgan fingerprint density at radius 3 is 2.55 bits per heavy atom. The third kappa shape index (κ3) is 5.69. The maximum Gasteiger partial charge on any atom is 0.326 e. The molecule has 0 aromatic rings. The molecule has 1 saturated carbocycles. The lowest BCUT2D eigenvalue weighted by Crippen LogP contribution is -2.53. The third-order valence-corrected chi connectivity index (χ3v) is 8.42. The molecule has 2 N–H and O–H groups in total. The Bertz CT molecular complexity index is 653. The second-order valence-corrected chi connectivity index (χ2v) is 10.9. The number of hydrogen-bond donors (Lipinski definition) is 2. The number of nitrogens with one attached hydrogen (secondary N) is 1. The summed E-state index contributed by atoms with van der Waals surface area (Å²) in [4.78, 5) is 50.8. The van der Waals surface area contributed by atoms with Crippen molar-refractivity contribution >= 4 is 46.4 Å². The van der Waals surface area contributed by atoms with Crippen LogP contribution in [0.4, 0.5) is 0 Å². The van der Waals surface area contributed by atoms with Crippen molar-refractivity contribution in [3.63, 3.8) is 0 Å². The summed E-state index contributed by atoms with van der Waals surface area (Å²) in [6.07, 6.45) is 7.95. The predicted molar refractivity (Wildman–Crippen MR) is 114 cm³/mol. The fraction of sp³-hybridized carbons (Fsp3) is 0.800. The van der Waals surface area contributed by atoms with E-state index in [0.717, 1.165) is 37.4 Å². The summed E-state index contributed by atoms with van der Waals surface area (Å²) in [6.45, 7) is 1.46. The Labute approximate surface area is 180 Å². The van der Waals surface area contributed by atoms with Crippen molar-refractivity contribution in [2.45, 2.75) is 87.4 Å². The summed E-state index contributed by atoms with van der Waals surface area (Å²) < 4.78 is 0. The predicted octanol–water partition coefficient (Wildman–Crippen LogP) is 2.63. The lowest BCUT2D eigenvalue weighted by molar-refractivity contribution is -0.149. The minimum absolute atomic E-state index is 0.103. The molecule has 7 nitrogen and oxygen atoms in total. The number of carboxylic acid groups (broad SMARTS) is 1. The molecule has 2 aliphatic heterocycles. The van der Waals surface area contributed by atoms with E-state index in [1.54, 1.807) is 11.8 Å². The first-order valence-corrected chi connectivity index (χ1v) is 12.4. The highest BCUT2D eigenvalue weighted by Crippen LogP contribution is 2.36. The Morgan fingerprint density at radius 2 is 1.90 bits per heavy atom. The van der Waals surface area contributed by atoms with Crippen LogP contribution in [0.3, 0.4) is 0 Å². The number of rotatable bonds is 6. The van der Waals surface area contributed by atoms with Crippen LogP contribution in [0.2, 0.25) is 0 Å². The molecule has 0 aromatic heterocycles. The van der Waals surface area contributed by atoms with Crippen LogP contribution < -0.4 is 5.32 Å². The van der Waals surface area contributed by atoms with E-state index in [0.29, 0.717) is 37.4 Å². The molecule has 9 heteroatoms. The summed E-state index contributed by atoms with van der Waals surface area (Å²) in [6, 6.07) is -1.54. The fourth-order valence-corrected chi connectivity index (χ4v) is 6.94. The summed E-state index contributed by atoms with van der Waals surface area (Å²) in [5.41, 5.74) is 0. The smallest absolute Gasteiger partial charge is 0.326 e. The summed E-state index contributed by atoms with van der Waals surface area (Å²) in [7, 11) is 0. The monoisotopic (exact) mass is 442 g/mol. The Kier molecular flexibility index (Phi) is 7.90. The largest absolute Gasteiger partial charge is 0.480 e. The van der Waals surface area contributed by atoms with Gasteiger partial charge in [-0.2, -0.15) is 0 Å². The summed E-state index contributed by atoms with van der Waals surface area (Å²) in [5.74, 6) is -0.440. The Morgan fingerprint density at radius 1 is 1.17 bits per heavy atom. The highest BCUT2D eigenvalue weighted by Gasteiger charge is 2.45. The molecule has 2 heterocycles. The third-order valence-electron chi connectivity index (χ3n) is 6.08. The van der Waals surface area contributed by atoms with Gasteiger partial charge in [-0.3, -0.25) is 14.4 Å². The minimum Gasteiger partial charge on any atom is -0.480 e. The van der Waals surface area contributed by atoms with Gasteiger partial charge in [-0.15, -0.1) is 11.8 Å². The molecule has 4 unspecified atom stereocenters. The van der Waals surface area contributed by atoms with Crippen LogP contribution in [0, 0.1) is 5.92 Å². The SMILES string of the molecule is CC(=O)SC(CC1CCCCC1)C(=O)NC1CCSC2CCC(C(=O)O)N2C1=O. The van der Waals surface area contributed by atoms with E-state index in [9.17, 15) is 24.3 Å². The Balaban J connectivity index is 1.67. The maximum absolute atomic E-state index is 13.1. The fourth-order valence-electron chi connectivity index (χ4n) is 4.64. The number of thioether (sulfide) groups is 2. The zero-order valence-corrected chi connectivity index (χ0v) is 18.4. The highest BCUT2D eigenvalue weighted by molar-refractivity contribution is 8.14. The zero-order valence-electron chi connectivity index (χ0n) is 16.8. The van der Waals surface area contributed by atoms with Gasteiger partial charge in [0.1, 0.15) is 12.1 Å². The average Bonchev–Trinajstić information content (AvgIpc) is 3.04. The molecule has 0 spiro atoms. The first kappa shape index (κ1) is 22.5. The number of aliphatic carboxylic acids is 1. The first-order valence-electron chi connectivity index (χ1n) is 10.5. The van der Waals surface area contributed by atoms with E-state index < -0.39 is 23.3 Å². The number of carbonyl (C=O) groups excluding carboxylic acids is 3. The lowest BCUT2D eigenvalue weighted by atomic mass is 9.86. The molecule has 0 bridgehead atoms. The van der Waals surface area contributed by atoms with Crippen molar-refractivity contribution in [1.29, 1.82) is 0 Å². The van der Waals surface area contributed by atoms with E-state index in [1.807, 2.05) is 0 Å². The quantitative estimate of drug-likeness (QED) is 0.652. The standard InChI is InChI=1S/C20H30N2O5S2/c1-12(23)29-16(11-13-5-3-2-4-6-13)18(24)21-14-9-10-28-17-8-7-15(20(26)27)22(17)19(14)25/h13-17H,2-11H2,1H3,(H,21,24)(H,26,27). The molecule has 29 heavy (non-hydrogen) atoms. The molecule has 162 valence electrons. The second kappa shape index (κ2) is 10.2. The van der Waals surface area contributed by atoms with Crippen molar-refractivity contribution in [1.82, 2.24) is 10.2 Å². The van der Waals surface area contributed by atoms with Gasteiger partial charge >= 0.3 is 5.97 Å². The number of fused-ring (bicyclic) bond motifs is 1. The van der Waals surface area contributed by atoms with Gasteiger partial charge in [-0.05, 0) is 37.4 Å². The van der Waals surface area contributed by atoms with Crippen LogP contribution in [0.15, 0.2) is 0 Å². The van der Waals surface area contributed by atoms with Crippen LogP contribution in [-0.4, -0.2) is 61.4 Å². The Hall–Kier alpha value is -1.22. The molecule has 4 atom stereocenters. The van der Waals surface area contributed by atoms with Crippen molar-refractivity contribution in [3.05, 3.63) is 0 Å². The van der Waals surface area contributed by atoms with Crippen LogP contribution in [-0.2, 0) is 19.2 Å². The number of hydrogen-bond acceptors (Lipinski definition) is 6. The van der Waals surface area contributed by atoms with Gasteiger partial charge in [0.05, 0.1) is 10.6 Å². The molecule has 2 saturated heterocycles. The van der Waals surface area contributed by atoms with E-state index in [4.69, 9.17) is 0 Å². The number of carboxylic acids is 1. The molecular weight excluding hydrogens is 412 g/mol. The van der Waals surface area contributed by atoms with Gasteiger partial charge in [0.15, 0.2) is 5.12 Å². The van der Waals surface area contributed by atoms with E-state index in [2.05, 4.69) is 5.32 Å². The molecule has 3 aliphatic rings. The number of nitrogens with zero attached hydrogens (tertiary/aromatic N) is 1. The number of carbonyl (C=O) groups is 4. The maximum atomic E-state index is 13.1. The number of amides is 2. The van der Waals surface area contributed by atoms with Crippen LogP contribution in [0.25, 0.3) is 0 Å². The minimum atomic E-state index is -0.990. The van der Waals surface area contributed by atoms with E-state index in [-0.39, 0.29) is 22.3 Å². The van der Waals surface area contributed by atoms with Crippen molar-refractivity contribution in [2.75, 3.05) is 5.75 Å². The van der Waals surface area contributed by atoms with Gasteiger partial charge in [-0.25, -0.2) is 4.79 Å². The lowest BCUT2D eigenvalue weighted by Gasteiger charge is -2.30. The average molecular weight is 443 g/mol. The molecule has 1 aliphatic carbocycles. The topological polar surface area (TPSA) is 104 Å². The van der Waals surface area contributed by atoms with Gasteiger partial charge in [0.2, 0.25) is 11.8 Å². The highest BCUT2D eigenvalue weighted by atomic mass is 32.2. The van der Waals surface area contributed by atoms with Gasteiger partial charge < -0.3 is 15.3 Å². The van der Waals surface area contributed by atoms with Crippen LogP contribution >= 0.6 is 23.5 Å². The van der Waals surface area contributed by atoms with Crippen molar-refractivity contribution in [3.8, 4) is 0 Å². The van der Waals surface area contributed by atoms with Crippen LogP contribution in [0.1, 0.15) is 64.7 Å². The molecule has 3 fully saturated rings. The summed E-state index contributed by atoms with van der Waals surface area (Å²) >= 11 is 2.64. The molecular formula is C20H30N2O5S2. The first-order chi connectivity index (χ1) is 13.9. The summed E-state index contributed by atoms with van der Waals surface area (Å²) in [5, 5.41) is 11.6. The van der Waals surface area contributed by atoms with E-state index in [1.165, 1.54) is 18.2 Å². The molecule has 2 amide bonds. The van der Waals surface area contributed by atoms with Gasteiger partial charge in [0, 0.05) is 6.92 Å². The van der Waals surface area contributed by atoms with Crippen molar-refractivity contribution < 1.29 is 24.3 Å². The van der Waals surface area contributed by atoms with Gasteiger partial charge in [-0.1, -0.05) is 43.9 Å². The molecule has 0 radical (unpaired) electrons. The second-order valence-electron chi connectivity index (χ2n) is 8.19. The zero-order chi connectivity index (χ0) is 21.0. The van der Waals surface area contributed by atoms with Crippen LogP contribution in [0.5, 0.6) is 0 Å². The normalized spacial score (nSPS) is 29.1.